The van der Waals surface area contributed by atoms with E-state index in [4.69, 9.17) is 15.7 Å². The van der Waals surface area contributed by atoms with Gasteiger partial charge in [-0.15, -0.1) is 0 Å². The minimum atomic E-state index is -0.393. The number of hydrogen-bond acceptors (Lipinski definition) is 3. The van der Waals surface area contributed by atoms with Crippen LogP contribution in [-0.2, 0) is 0 Å². The minimum absolute atomic E-state index is 0.323. The Bertz CT molecular complexity index is 433. The van der Waals surface area contributed by atoms with Crippen LogP contribution in [-0.4, -0.2) is 6.10 Å². The van der Waals surface area contributed by atoms with Crippen molar-refractivity contribution in [1.29, 1.82) is 5.26 Å². The third-order valence-electron chi connectivity index (χ3n) is 2.80. The van der Waals surface area contributed by atoms with Crippen LogP contribution >= 0.6 is 0 Å². The van der Waals surface area contributed by atoms with E-state index in [0.29, 0.717) is 12.3 Å². The second kappa shape index (κ2) is 5.58. The van der Waals surface area contributed by atoms with E-state index >= 15 is 0 Å². The van der Waals surface area contributed by atoms with E-state index in [1.165, 1.54) is 0 Å². The van der Waals surface area contributed by atoms with Crippen molar-refractivity contribution in [3.05, 3.63) is 23.3 Å². The zero-order valence-corrected chi connectivity index (χ0v) is 10.9. The van der Waals surface area contributed by atoms with Crippen molar-refractivity contribution in [2.24, 2.45) is 0 Å². The van der Waals surface area contributed by atoms with E-state index in [-0.39, 0.29) is 0 Å². The van der Waals surface area contributed by atoms with Gasteiger partial charge in [0, 0.05) is 5.69 Å². The molecule has 1 aromatic rings. The maximum absolute atomic E-state index is 8.94. The summed E-state index contributed by atoms with van der Waals surface area (Å²) in [5.74, 6) is 1.10. The van der Waals surface area contributed by atoms with Gasteiger partial charge < -0.3 is 10.5 Å². The molecular formula is C14H20N2O. The summed E-state index contributed by atoms with van der Waals surface area (Å²) in [7, 11) is 0. The van der Waals surface area contributed by atoms with Gasteiger partial charge in [0.15, 0.2) is 6.10 Å². The highest BCUT2D eigenvalue weighted by molar-refractivity contribution is 5.55. The van der Waals surface area contributed by atoms with E-state index in [2.05, 4.69) is 19.9 Å². The van der Waals surface area contributed by atoms with Crippen molar-refractivity contribution in [2.45, 2.75) is 46.1 Å². The molecule has 0 amide bonds. The molecule has 0 aliphatic rings. The maximum atomic E-state index is 8.94. The lowest BCUT2D eigenvalue weighted by Gasteiger charge is -2.18. The largest absolute Gasteiger partial charge is 0.475 e. The second-order valence-corrected chi connectivity index (χ2v) is 4.55. The highest BCUT2D eigenvalue weighted by Crippen LogP contribution is 2.31. The fourth-order valence-corrected chi connectivity index (χ4v) is 1.62. The molecule has 1 rings (SSSR count). The molecule has 3 heteroatoms. The van der Waals surface area contributed by atoms with Crippen molar-refractivity contribution in [1.82, 2.24) is 0 Å². The molecule has 0 aliphatic carbocycles. The zero-order chi connectivity index (χ0) is 13.0. The molecule has 17 heavy (non-hydrogen) atoms. The first-order valence-corrected chi connectivity index (χ1v) is 5.95. The Morgan fingerprint density at radius 1 is 1.41 bits per heavy atom. The highest BCUT2D eigenvalue weighted by Gasteiger charge is 2.14. The number of anilines is 1. The Balaban J connectivity index is 3.13. The fraction of sp³-hybridized carbons (Fsp3) is 0.500. The average molecular weight is 232 g/mol. The monoisotopic (exact) mass is 232 g/mol. The van der Waals surface area contributed by atoms with Gasteiger partial charge in [0.05, 0.1) is 0 Å². The van der Waals surface area contributed by atoms with Gasteiger partial charge in [-0.1, -0.05) is 20.8 Å². The van der Waals surface area contributed by atoms with Gasteiger partial charge in [0.25, 0.3) is 0 Å². The minimum Gasteiger partial charge on any atom is -0.475 e. The summed E-state index contributed by atoms with van der Waals surface area (Å²) >= 11 is 0. The molecule has 0 spiro atoms. The summed E-state index contributed by atoms with van der Waals surface area (Å²) in [6.07, 6.45) is 0.285. The third kappa shape index (κ3) is 3.13. The van der Waals surface area contributed by atoms with E-state index in [1.54, 1.807) is 0 Å². The van der Waals surface area contributed by atoms with Crippen molar-refractivity contribution in [3.63, 3.8) is 0 Å². The lowest BCUT2D eigenvalue weighted by atomic mass is 9.99. The Hall–Kier alpha value is -1.69. The molecule has 0 aromatic heterocycles. The van der Waals surface area contributed by atoms with E-state index in [1.807, 2.05) is 26.0 Å². The Morgan fingerprint density at radius 3 is 2.53 bits per heavy atom. The van der Waals surface area contributed by atoms with Gasteiger partial charge in [-0.2, -0.15) is 5.26 Å². The zero-order valence-electron chi connectivity index (χ0n) is 10.9. The molecule has 1 unspecified atom stereocenters. The van der Waals surface area contributed by atoms with Crippen LogP contribution in [0.4, 0.5) is 5.69 Å². The molecule has 0 radical (unpaired) electrons. The number of benzene rings is 1. The number of aryl methyl sites for hydroxylation is 1. The average Bonchev–Trinajstić information content (AvgIpc) is 2.29. The van der Waals surface area contributed by atoms with E-state index in [0.717, 1.165) is 22.6 Å². The molecule has 0 fully saturated rings. The molecule has 92 valence electrons. The summed E-state index contributed by atoms with van der Waals surface area (Å²) in [4.78, 5) is 0. The number of ether oxygens (including phenoxy) is 1. The smallest absolute Gasteiger partial charge is 0.184 e. The van der Waals surface area contributed by atoms with Crippen LogP contribution < -0.4 is 10.5 Å². The molecule has 0 bridgehead atoms. The molecular weight excluding hydrogens is 212 g/mol. The van der Waals surface area contributed by atoms with E-state index < -0.39 is 6.10 Å². The standard InChI is InChI=1S/C14H20N2O/c1-5-11(8-15)17-14-6-10(4)13(16)7-12(14)9(2)3/h6-7,9,11H,5,16H2,1-4H3. The summed E-state index contributed by atoms with van der Waals surface area (Å²) in [5.41, 5.74) is 8.71. The first kappa shape index (κ1) is 13.4. The summed E-state index contributed by atoms with van der Waals surface area (Å²) in [5, 5.41) is 8.94. The lowest BCUT2D eigenvalue weighted by molar-refractivity contribution is 0.248. The van der Waals surface area contributed by atoms with Crippen LogP contribution in [0.5, 0.6) is 5.75 Å². The summed E-state index contributed by atoms with van der Waals surface area (Å²) < 4.78 is 5.72. The highest BCUT2D eigenvalue weighted by atomic mass is 16.5. The molecule has 1 atom stereocenters. The number of nitrogens with two attached hydrogens (primary N) is 1. The van der Waals surface area contributed by atoms with Crippen LogP contribution in [0.2, 0.25) is 0 Å². The topological polar surface area (TPSA) is 59.0 Å². The van der Waals surface area contributed by atoms with Gasteiger partial charge in [0.1, 0.15) is 11.8 Å². The molecule has 1 aromatic carbocycles. The number of nitrogen functional groups attached to an aromatic ring is 1. The Morgan fingerprint density at radius 2 is 2.06 bits per heavy atom. The SMILES string of the molecule is CCC(C#N)Oc1cc(C)c(N)cc1C(C)C. The quantitative estimate of drug-likeness (QED) is 0.809. The predicted molar refractivity (Wildman–Crippen MR) is 70.0 cm³/mol. The van der Waals surface area contributed by atoms with E-state index in [9.17, 15) is 0 Å². The van der Waals surface area contributed by atoms with Gasteiger partial charge in [-0.05, 0) is 42.5 Å². The van der Waals surface area contributed by atoms with Crippen molar-refractivity contribution >= 4 is 5.69 Å². The molecule has 2 N–H and O–H groups in total. The van der Waals surface area contributed by atoms with Crippen LogP contribution in [0, 0.1) is 18.3 Å². The molecule has 0 saturated carbocycles. The van der Waals surface area contributed by atoms with Crippen molar-refractivity contribution < 1.29 is 4.74 Å². The van der Waals surface area contributed by atoms with Crippen molar-refractivity contribution in [2.75, 3.05) is 5.73 Å². The number of hydrogen-bond donors (Lipinski definition) is 1. The van der Waals surface area contributed by atoms with Crippen LogP contribution in [0.1, 0.15) is 44.2 Å². The number of nitriles is 1. The number of rotatable bonds is 4. The third-order valence-corrected chi connectivity index (χ3v) is 2.80. The Kier molecular flexibility index (Phi) is 4.39. The lowest BCUT2D eigenvalue weighted by Crippen LogP contribution is -2.14. The van der Waals surface area contributed by atoms with Gasteiger partial charge in [-0.3, -0.25) is 0 Å². The van der Waals surface area contributed by atoms with Crippen LogP contribution in [0.25, 0.3) is 0 Å². The molecule has 0 aliphatic heterocycles. The maximum Gasteiger partial charge on any atom is 0.184 e. The predicted octanol–water partition coefficient (Wildman–Crippen LogP) is 3.38. The van der Waals surface area contributed by atoms with Gasteiger partial charge in [0.2, 0.25) is 0 Å². The molecule has 3 nitrogen and oxygen atoms in total. The number of nitrogens with zero attached hydrogens (tertiary/aromatic N) is 1. The molecule has 0 saturated heterocycles. The van der Waals surface area contributed by atoms with Crippen LogP contribution in [0.15, 0.2) is 12.1 Å². The first-order valence-electron chi connectivity index (χ1n) is 5.95. The normalized spacial score (nSPS) is 12.2. The fourth-order valence-electron chi connectivity index (χ4n) is 1.62. The van der Waals surface area contributed by atoms with Crippen LogP contribution in [0.3, 0.4) is 0 Å². The van der Waals surface area contributed by atoms with Crippen molar-refractivity contribution in [3.8, 4) is 11.8 Å². The second-order valence-electron chi connectivity index (χ2n) is 4.55. The summed E-state index contributed by atoms with van der Waals surface area (Å²) in [6, 6.07) is 6.01. The van der Waals surface area contributed by atoms with Gasteiger partial charge in [-0.25, -0.2) is 0 Å². The molecule has 0 heterocycles. The first-order chi connectivity index (χ1) is 7.99. The Labute approximate surface area is 103 Å². The summed E-state index contributed by atoms with van der Waals surface area (Å²) in [6.45, 7) is 8.06. The van der Waals surface area contributed by atoms with Gasteiger partial charge >= 0.3 is 0 Å².